The average Bonchev–Trinajstić information content (AvgIpc) is 2.91. The fourth-order valence-corrected chi connectivity index (χ4v) is 2.42. The molecule has 0 saturated carbocycles. The molecule has 0 fully saturated rings. The SMILES string of the molecule is CCCc1c(C(=O)O)nnn1CCCCOc1cccc(C)c1. The van der Waals surface area contributed by atoms with E-state index in [2.05, 4.69) is 10.3 Å². The number of aryl methyl sites for hydroxylation is 2. The molecule has 0 spiro atoms. The molecule has 6 nitrogen and oxygen atoms in total. The van der Waals surface area contributed by atoms with Gasteiger partial charge in [-0.05, 0) is 43.9 Å². The van der Waals surface area contributed by atoms with Crippen molar-refractivity contribution in [2.45, 2.75) is 46.1 Å². The second kappa shape index (κ2) is 8.31. The summed E-state index contributed by atoms with van der Waals surface area (Å²) in [6.45, 7) is 5.34. The highest BCUT2D eigenvalue weighted by molar-refractivity contribution is 5.86. The van der Waals surface area contributed by atoms with E-state index in [-0.39, 0.29) is 5.69 Å². The van der Waals surface area contributed by atoms with Crippen LogP contribution in [-0.2, 0) is 13.0 Å². The molecule has 0 aliphatic carbocycles. The van der Waals surface area contributed by atoms with Crippen LogP contribution in [0, 0.1) is 6.92 Å². The lowest BCUT2D eigenvalue weighted by Crippen LogP contribution is -2.09. The second-order valence-corrected chi connectivity index (χ2v) is 5.54. The van der Waals surface area contributed by atoms with Gasteiger partial charge in [-0.25, -0.2) is 9.48 Å². The maximum absolute atomic E-state index is 11.1. The zero-order valence-electron chi connectivity index (χ0n) is 13.7. The molecule has 23 heavy (non-hydrogen) atoms. The summed E-state index contributed by atoms with van der Waals surface area (Å²) in [7, 11) is 0. The number of nitrogens with zero attached hydrogens (tertiary/aromatic N) is 3. The molecular weight excluding hydrogens is 294 g/mol. The topological polar surface area (TPSA) is 77.2 Å². The third kappa shape index (κ3) is 4.81. The number of aromatic carboxylic acids is 1. The molecule has 0 amide bonds. The van der Waals surface area contributed by atoms with Crippen LogP contribution >= 0.6 is 0 Å². The third-order valence-corrected chi connectivity index (χ3v) is 3.55. The van der Waals surface area contributed by atoms with Gasteiger partial charge in [0, 0.05) is 6.54 Å². The van der Waals surface area contributed by atoms with Gasteiger partial charge in [-0.1, -0.05) is 30.7 Å². The highest BCUT2D eigenvalue weighted by Gasteiger charge is 2.17. The van der Waals surface area contributed by atoms with Gasteiger partial charge in [0.15, 0.2) is 5.69 Å². The van der Waals surface area contributed by atoms with Crippen molar-refractivity contribution in [3.8, 4) is 5.75 Å². The first-order valence-corrected chi connectivity index (χ1v) is 7.97. The maximum Gasteiger partial charge on any atom is 0.358 e. The Hall–Kier alpha value is -2.37. The van der Waals surface area contributed by atoms with E-state index in [1.807, 2.05) is 38.1 Å². The number of rotatable bonds is 9. The summed E-state index contributed by atoms with van der Waals surface area (Å²) in [4.78, 5) is 11.1. The Labute approximate surface area is 136 Å². The fourth-order valence-electron chi connectivity index (χ4n) is 2.42. The molecule has 1 N–H and O–H groups in total. The van der Waals surface area contributed by atoms with Crippen LogP contribution < -0.4 is 4.74 Å². The lowest BCUT2D eigenvalue weighted by Gasteiger charge is -2.08. The van der Waals surface area contributed by atoms with E-state index in [9.17, 15) is 4.79 Å². The van der Waals surface area contributed by atoms with Crippen molar-refractivity contribution >= 4 is 5.97 Å². The average molecular weight is 317 g/mol. The second-order valence-electron chi connectivity index (χ2n) is 5.54. The van der Waals surface area contributed by atoms with Crippen molar-refractivity contribution in [2.75, 3.05) is 6.61 Å². The molecule has 0 aliphatic rings. The Balaban J connectivity index is 1.81. The minimum Gasteiger partial charge on any atom is -0.494 e. The molecule has 6 heteroatoms. The van der Waals surface area contributed by atoms with E-state index in [0.717, 1.165) is 25.0 Å². The molecule has 2 aromatic rings. The molecule has 1 aromatic heterocycles. The number of carboxylic acids is 1. The number of hydrogen-bond acceptors (Lipinski definition) is 4. The minimum absolute atomic E-state index is 0.0721. The summed E-state index contributed by atoms with van der Waals surface area (Å²) in [5.74, 6) is -0.131. The van der Waals surface area contributed by atoms with Crippen molar-refractivity contribution < 1.29 is 14.6 Å². The van der Waals surface area contributed by atoms with Gasteiger partial charge in [-0.15, -0.1) is 5.10 Å². The predicted octanol–water partition coefficient (Wildman–Crippen LogP) is 3.10. The molecule has 0 atom stereocenters. The lowest BCUT2D eigenvalue weighted by atomic mass is 10.2. The Bertz CT molecular complexity index is 652. The highest BCUT2D eigenvalue weighted by Crippen LogP contribution is 2.13. The van der Waals surface area contributed by atoms with Crippen LogP contribution in [0.1, 0.15) is 47.9 Å². The molecule has 0 saturated heterocycles. The van der Waals surface area contributed by atoms with Crippen molar-refractivity contribution in [1.29, 1.82) is 0 Å². The molecule has 1 heterocycles. The molecule has 124 valence electrons. The van der Waals surface area contributed by atoms with Gasteiger partial charge in [0.25, 0.3) is 0 Å². The van der Waals surface area contributed by atoms with Crippen molar-refractivity contribution in [1.82, 2.24) is 15.0 Å². The standard InChI is InChI=1S/C17H23N3O3/c1-3-7-15-16(17(21)22)18-19-20(15)10-4-5-11-23-14-9-6-8-13(2)12-14/h6,8-9,12H,3-5,7,10-11H2,1-2H3,(H,21,22). The quantitative estimate of drug-likeness (QED) is 0.719. The molecule has 0 unspecified atom stereocenters. The van der Waals surface area contributed by atoms with E-state index in [4.69, 9.17) is 9.84 Å². The van der Waals surface area contributed by atoms with Gasteiger partial charge >= 0.3 is 5.97 Å². The summed E-state index contributed by atoms with van der Waals surface area (Å²) in [5.41, 5.74) is 1.96. The minimum atomic E-state index is -1.01. The number of aromatic nitrogens is 3. The summed E-state index contributed by atoms with van der Waals surface area (Å²) in [6, 6.07) is 7.97. The Morgan fingerprint density at radius 2 is 2.17 bits per heavy atom. The highest BCUT2D eigenvalue weighted by atomic mass is 16.5. The van der Waals surface area contributed by atoms with Crippen LogP contribution in [0.4, 0.5) is 0 Å². The van der Waals surface area contributed by atoms with Crippen LogP contribution in [-0.4, -0.2) is 32.7 Å². The van der Waals surface area contributed by atoms with E-state index < -0.39 is 5.97 Å². The van der Waals surface area contributed by atoms with E-state index in [1.165, 1.54) is 5.56 Å². The summed E-state index contributed by atoms with van der Waals surface area (Å²) in [5, 5.41) is 16.9. The fraction of sp³-hybridized carbons (Fsp3) is 0.471. The summed E-state index contributed by atoms with van der Waals surface area (Å²) < 4.78 is 7.41. The van der Waals surface area contributed by atoms with Crippen molar-refractivity contribution in [3.63, 3.8) is 0 Å². The number of benzene rings is 1. The van der Waals surface area contributed by atoms with Gasteiger partial charge < -0.3 is 9.84 Å². The summed E-state index contributed by atoms with van der Waals surface area (Å²) >= 11 is 0. The van der Waals surface area contributed by atoms with Crippen LogP contribution in [0.3, 0.4) is 0 Å². The molecule has 0 aliphatic heterocycles. The summed E-state index contributed by atoms with van der Waals surface area (Å²) in [6.07, 6.45) is 3.28. The largest absolute Gasteiger partial charge is 0.494 e. The molecule has 0 bridgehead atoms. The first kappa shape index (κ1) is 17.0. The number of carbonyl (C=O) groups is 1. The van der Waals surface area contributed by atoms with E-state index in [0.29, 0.717) is 25.3 Å². The van der Waals surface area contributed by atoms with Crippen molar-refractivity contribution in [3.05, 3.63) is 41.2 Å². The number of ether oxygens (including phenoxy) is 1. The van der Waals surface area contributed by atoms with E-state index in [1.54, 1.807) is 4.68 Å². The number of unbranched alkanes of at least 4 members (excludes halogenated alkanes) is 1. The zero-order chi connectivity index (χ0) is 16.7. The molecular formula is C17H23N3O3. The van der Waals surface area contributed by atoms with Crippen LogP contribution in [0.5, 0.6) is 5.75 Å². The number of hydrogen-bond donors (Lipinski definition) is 1. The third-order valence-electron chi connectivity index (χ3n) is 3.55. The van der Waals surface area contributed by atoms with Gasteiger partial charge in [0.1, 0.15) is 5.75 Å². The van der Waals surface area contributed by atoms with Gasteiger partial charge in [0.2, 0.25) is 0 Å². The Kier molecular flexibility index (Phi) is 6.14. The lowest BCUT2D eigenvalue weighted by molar-refractivity contribution is 0.0689. The normalized spacial score (nSPS) is 10.7. The first-order valence-electron chi connectivity index (χ1n) is 7.97. The van der Waals surface area contributed by atoms with Crippen LogP contribution in [0.2, 0.25) is 0 Å². The predicted molar refractivity (Wildman–Crippen MR) is 86.9 cm³/mol. The van der Waals surface area contributed by atoms with Crippen molar-refractivity contribution in [2.24, 2.45) is 0 Å². The number of carboxylic acid groups (broad SMARTS) is 1. The van der Waals surface area contributed by atoms with Crippen LogP contribution in [0.25, 0.3) is 0 Å². The van der Waals surface area contributed by atoms with Gasteiger partial charge in [-0.3, -0.25) is 0 Å². The van der Waals surface area contributed by atoms with Gasteiger partial charge in [0.05, 0.1) is 12.3 Å². The monoisotopic (exact) mass is 317 g/mol. The van der Waals surface area contributed by atoms with E-state index >= 15 is 0 Å². The first-order chi connectivity index (χ1) is 11.1. The Morgan fingerprint density at radius 1 is 1.35 bits per heavy atom. The smallest absolute Gasteiger partial charge is 0.358 e. The Morgan fingerprint density at radius 3 is 2.87 bits per heavy atom. The van der Waals surface area contributed by atoms with Gasteiger partial charge in [-0.2, -0.15) is 0 Å². The molecule has 2 rings (SSSR count). The molecule has 1 aromatic carbocycles. The maximum atomic E-state index is 11.1. The molecule has 0 radical (unpaired) electrons. The zero-order valence-corrected chi connectivity index (χ0v) is 13.7. The van der Waals surface area contributed by atoms with Crippen LogP contribution in [0.15, 0.2) is 24.3 Å².